The fourth-order valence-electron chi connectivity index (χ4n) is 2.04. The molecule has 1 aromatic rings. The van der Waals surface area contributed by atoms with Crippen LogP contribution in [0.25, 0.3) is 0 Å². The van der Waals surface area contributed by atoms with E-state index in [-0.39, 0.29) is 0 Å². The van der Waals surface area contributed by atoms with Gasteiger partial charge in [0, 0.05) is 13.1 Å². The summed E-state index contributed by atoms with van der Waals surface area (Å²) >= 11 is 6.14. The van der Waals surface area contributed by atoms with Crippen LogP contribution >= 0.6 is 11.6 Å². The molecule has 0 saturated heterocycles. The van der Waals surface area contributed by atoms with Gasteiger partial charge in [0.1, 0.15) is 0 Å². The highest BCUT2D eigenvalue weighted by molar-refractivity contribution is 6.34. The van der Waals surface area contributed by atoms with Gasteiger partial charge in [-0.25, -0.2) is 0 Å². The third-order valence-electron chi connectivity index (χ3n) is 2.86. The molecule has 0 fully saturated rings. The van der Waals surface area contributed by atoms with Crippen LogP contribution in [0.3, 0.4) is 0 Å². The average Bonchev–Trinajstić information content (AvgIpc) is 2.43. The first kappa shape index (κ1) is 10.6. The largest absolute Gasteiger partial charge is 0.383 e. The summed E-state index contributed by atoms with van der Waals surface area (Å²) in [5.74, 6) is 0.693. The van der Waals surface area contributed by atoms with Gasteiger partial charge in [-0.05, 0) is 24.5 Å². The molecule has 1 heterocycles. The Morgan fingerprint density at radius 3 is 2.93 bits per heavy atom. The molecular weight excluding hydrogens is 208 g/mol. The SMILES string of the molecule is CCCC1CNc2cccc(Cl)c2NC1. The van der Waals surface area contributed by atoms with Crippen molar-refractivity contribution in [2.75, 3.05) is 23.7 Å². The molecule has 1 aliphatic rings. The summed E-state index contributed by atoms with van der Waals surface area (Å²) in [5, 5.41) is 7.69. The zero-order valence-electron chi connectivity index (χ0n) is 9.02. The highest BCUT2D eigenvalue weighted by atomic mass is 35.5. The molecule has 1 aromatic carbocycles. The highest BCUT2D eigenvalue weighted by Gasteiger charge is 2.15. The molecule has 2 nitrogen and oxygen atoms in total. The molecule has 0 spiro atoms. The number of benzene rings is 1. The van der Waals surface area contributed by atoms with E-state index in [2.05, 4.69) is 23.6 Å². The number of halogens is 1. The van der Waals surface area contributed by atoms with Gasteiger partial charge in [0.05, 0.1) is 16.4 Å². The fraction of sp³-hybridized carbons (Fsp3) is 0.500. The van der Waals surface area contributed by atoms with E-state index in [1.807, 2.05) is 12.1 Å². The molecule has 3 heteroatoms. The first-order chi connectivity index (χ1) is 7.31. The van der Waals surface area contributed by atoms with Crippen LogP contribution < -0.4 is 10.6 Å². The van der Waals surface area contributed by atoms with Crippen LogP contribution in [-0.2, 0) is 0 Å². The second-order valence-electron chi connectivity index (χ2n) is 4.08. The Kier molecular flexibility index (Phi) is 3.37. The number of nitrogens with one attached hydrogen (secondary N) is 2. The van der Waals surface area contributed by atoms with Crippen LogP contribution in [0.1, 0.15) is 19.8 Å². The van der Waals surface area contributed by atoms with Crippen LogP contribution in [0.15, 0.2) is 18.2 Å². The molecule has 1 atom stereocenters. The predicted octanol–water partition coefficient (Wildman–Crippen LogP) is 3.59. The minimum Gasteiger partial charge on any atom is -0.383 e. The topological polar surface area (TPSA) is 24.1 Å². The molecule has 2 N–H and O–H groups in total. The molecule has 1 unspecified atom stereocenters. The molecule has 2 rings (SSSR count). The molecule has 0 aliphatic carbocycles. The molecule has 1 aliphatic heterocycles. The van der Waals surface area contributed by atoms with Gasteiger partial charge in [0.25, 0.3) is 0 Å². The van der Waals surface area contributed by atoms with Gasteiger partial charge >= 0.3 is 0 Å². The van der Waals surface area contributed by atoms with Crippen LogP contribution in [-0.4, -0.2) is 13.1 Å². The maximum absolute atomic E-state index is 6.14. The monoisotopic (exact) mass is 224 g/mol. The van der Waals surface area contributed by atoms with E-state index in [4.69, 9.17) is 11.6 Å². The summed E-state index contributed by atoms with van der Waals surface area (Å²) in [6.45, 7) is 4.27. The lowest BCUT2D eigenvalue weighted by atomic mass is 10.0. The summed E-state index contributed by atoms with van der Waals surface area (Å²) in [6, 6.07) is 5.98. The highest BCUT2D eigenvalue weighted by Crippen LogP contribution is 2.32. The van der Waals surface area contributed by atoms with Crippen molar-refractivity contribution < 1.29 is 0 Å². The first-order valence-corrected chi connectivity index (χ1v) is 5.95. The second kappa shape index (κ2) is 4.75. The van der Waals surface area contributed by atoms with Crippen LogP contribution in [0.5, 0.6) is 0 Å². The van der Waals surface area contributed by atoms with Crippen molar-refractivity contribution in [1.82, 2.24) is 0 Å². The van der Waals surface area contributed by atoms with Gasteiger partial charge in [0.2, 0.25) is 0 Å². The summed E-state index contributed by atoms with van der Waals surface area (Å²) in [5.41, 5.74) is 2.18. The van der Waals surface area contributed by atoms with E-state index in [9.17, 15) is 0 Å². The fourth-order valence-corrected chi connectivity index (χ4v) is 2.28. The lowest BCUT2D eigenvalue weighted by Crippen LogP contribution is -2.18. The quantitative estimate of drug-likeness (QED) is 0.802. The molecule has 15 heavy (non-hydrogen) atoms. The average molecular weight is 225 g/mol. The zero-order valence-corrected chi connectivity index (χ0v) is 9.77. The lowest BCUT2D eigenvalue weighted by Gasteiger charge is -2.12. The van der Waals surface area contributed by atoms with Crippen LogP contribution in [0.4, 0.5) is 11.4 Å². The van der Waals surface area contributed by atoms with Crippen molar-refractivity contribution in [2.24, 2.45) is 5.92 Å². The molecule has 0 bridgehead atoms. The van der Waals surface area contributed by atoms with E-state index in [1.54, 1.807) is 0 Å². The van der Waals surface area contributed by atoms with E-state index >= 15 is 0 Å². The van der Waals surface area contributed by atoms with E-state index in [0.29, 0.717) is 5.92 Å². The molecule has 0 radical (unpaired) electrons. The number of para-hydroxylation sites is 1. The number of fused-ring (bicyclic) bond motifs is 1. The lowest BCUT2D eigenvalue weighted by molar-refractivity contribution is 0.531. The van der Waals surface area contributed by atoms with Gasteiger partial charge in [-0.1, -0.05) is 31.0 Å². The minimum atomic E-state index is 0.693. The van der Waals surface area contributed by atoms with E-state index in [1.165, 1.54) is 12.8 Å². The normalized spacial score (nSPS) is 19.7. The maximum Gasteiger partial charge on any atom is 0.0765 e. The smallest absolute Gasteiger partial charge is 0.0765 e. The predicted molar refractivity (Wildman–Crippen MR) is 66.8 cm³/mol. The molecule has 0 amide bonds. The summed E-state index contributed by atoms with van der Waals surface area (Å²) in [4.78, 5) is 0. The van der Waals surface area contributed by atoms with Crippen molar-refractivity contribution >= 4 is 23.0 Å². The van der Waals surface area contributed by atoms with Crippen molar-refractivity contribution in [2.45, 2.75) is 19.8 Å². The standard InChI is InChI=1S/C12H17ClN2/c1-2-4-9-7-14-11-6-3-5-10(13)12(11)15-8-9/h3,5-6,9,14-15H,2,4,7-8H2,1H3. The van der Waals surface area contributed by atoms with Crippen molar-refractivity contribution in [1.29, 1.82) is 0 Å². The Morgan fingerprint density at radius 1 is 1.33 bits per heavy atom. The van der Waals surface area contributed by atoms with Gasteiger partial charge in [0.15, 0.2) is 0 Å². The summed E-state index contributed by atoms with van der Waals surface area (Å²) < 4.78 is 0. The van der Waals surface area contributed by atoms with Crippen molar-refractivity contribution in [3.63, 3.8) is 0 Å². The molecule has 0 saturated carbocycles. The maximum atomic E-state index is 6.14. The van der Waals surface area contributed by atoms with E-state index in [0.717, 1.165) is 29.5 Å². The van der Waals surface area contributed by atoms with Crippen LogP contribution in [0.2, 0.25) is 5.02 Å². The van der Waals surface area contributed by atoms with Gasteiger partial charge in [-0.3, -0.25) is 0 Å². The van der Waals surface area contributed by atoms with Crippen LogP contribution in [0, 0.1) is 5.92 Å². The second-order valence-corrected chi connectivity index (χ2v) is 4.49. The Labute approximate surface area is 96.0 Å². The Morgan fingerprint density at radius 2 is 2.13 bits per heavy atom. The molecule has 82 valence electrons. The van der Waals surface area contributed by atoms with E-state index < -0.39 is 0 Å². The van der Waals surface area contributed by atoms with Gasteiger partial charge < -0.3 is 10.6 Å². The third kappa shape index (κ3) is 2.37. The number of anilines is 2. The van der Waals surface area contributed by atoms with Gasteiger partial charge in [-0.15, -0.1) is 0 Å². The Hall–Kier alpha value is -0.890. The van der Waals surface area contributed by atoms with Gasteiger partial charge in [-0.2, -0.15) is 0 Å². The number of rotatable bonds is 2. The number of hydrogen-bond acceptors (Lipinski definition) is 2. The first-order valence-electron chi connectivity index (χ1n) is 5.57. The minimum absolute atomic E-state index is 0.693. The Balaban J connectivity index is 2.14. The Bertz CT molecular complexity index is 338. The molecule has 0 aromatic heterocycles. The van der Waals surface area contributed by atoms with Crippen molar-refractivity contribution in [3.8, 4) is 0 Å². The molecular formula is C12H17ClN2. The van der Waals surface area contributed by atoms with Crippen molar-refractivity contribution in [3.05, 3.63) is 23.2 Å². The summed E-state index contributed by atoms with van der Waals surface area (Å²) in [7, 11) is 0. The zero-order chi connectivity index (χ0) is 10.7. The number of hydrogen-bond donors (Lipinski definition) is 2. The third-order valence-corrected chi connectivity index (χ3v) is 3.17. The summed E-state index contributed by atoms with van der Waals surface area (Å²) in [6.07, 6.45) is 2.49.